The maximum atomic E-state index is 5.79. The van der Waals surface area contributed by atoms with Gasteiger partial charge in [0.1, 0.15) is 5.75 Å². The third-order valence-corrected chi connectivity index (χ3v) is 3.75. The number of rotatable bonds is 7. The minimum atomic E-state index is 0.715. The highest BCUT2D eigenvalue weighted by molar-refractivity contribution is 5.56. The van der Waals surface area contributed by atoms with Crippen LogP contribution in [0.4, 0.5) is 5.69 Å². The summed E-state index contributed by atoms with van der Waals surface area (Å²) in [5, 5.41) is 3.44. The summed E-state index contributed by atoms with van der Waals surface area (Å²) in [4.78, 5) is 2.47. The first-order valence-electron chi connectivity index (χ1n) is 8.08. The number of nitrogens with one attached hydrogen (secondary N) is 1. The molecule has 4 heteroatoms. The molecule has 1 fully saturated rings. The molecule has 0 unspecified atom stereocenters. The molecule has 0 aromatic heterocycles. The van der Waals surface area contributed by atoms with Crippen LogP contribution >= 0.6 is 0 Å². The Morgan fingerprint density at radius 2 is 2.10 bits per heavy atom. The molecule has 1 saturated heterocycles. The van der Waals surface area contributed by atoms with Crippen molar-refractivity contribution in [2.75, 3.05) is 50.9 Å². The van der Waals surface area contributed by atoms with E-state index in [9.17, 15) is 0 Å². The lowest BCUT2D eigenvalue weighted by Gasteiger charge is -2.24. The first kappa shape index (κ1) is 16.1. The van der Waals surface area contributed by atoms with Gasteiger partial charge in [0.25, 0.3) is 0 Å². The van der Waals surface area contributed by atoms with Gasteiger partial charge < -0.3 is 19.7 Å². The maximum absolute atomic E-state index is 5.79. The van der Waals surface area contributed by atoms with Crippen LogP contribution in [0.25, 0.3) is 0 Å². The third-order valence-electron chi connectivity index (χ3n) is 3.75. The van der Waals surface area contributed by atoms with Gasteiger partial charge in [-0.05, 0) is 50.6 Å². The summed E-state index contributed by atoms with van der Waals surface area (Å²) in [5.41, 5.74) is 2.62. The zero-order valence-electron chi connectivity index (χ0n) is 13.4. The summed E-state index contributed by atoms with van der Waals surface area (Å²) in [6.45, 7) is 10.8. The van der Waals surface area contributed by atoms with E-state index in [0.29, 0.717) is 6.61 Å². The third kappa shape index (κ3) is 5.21. The molecule has 2 rings (SSSR count). The van der Waals surface area contributed by atoms with Crippen molar-refractivity contribution < 1.29 is 9.47 Å². The summed E-state index contributed by atoms with van der Waals surface area (Å²) >= 11 is 0. The quantitative estimate of drug-likeness (QED) is 0.783. The molecule has 0 bridgehead atoms. The number of hydrogen-bond acceptors (Lipinski definition) is 4. The van der Waals surface area contributed by atoms with Gasteiger partial charge in [0.05, 0.1) is 6.61 Å². The van der Waals surface area contributed by atoms with E-state index in [1.165, 1.54) is 17.7 Å². The predicted molar refractivity (Wildman–Crippen MR) is 87.5 cm³/mol. The van der Waals surface area contributed by atoms with Crippen molar-refractivity contribution in [3.63, 3.8) is 0 Å². The summed E-state index contributed by atoms with van der Waals surface area (Å²) in [6.07, 6.45) is 2.14. The van der Waals surface area contributed by atoms with Gasteiger partial charge in [-0.3, -0.25) is 0 Å². The second-order valence-corrected chi connectivity index (χ2v) is 5.44. The van der Waals surface area contributed by atoms with Crippen LogP contribution in [0.1, 0.15) is 25.3 Å². The highest BCUT2D eigenvalue weighted by atomic mass is 16.5. The average Bonchev–Trinajstić information content (AvgIpc) is 2.76. The number of aryl methyl sites for hydroxylation is 1. The van der Waals surface area contributed by atoms with E-state index in [4.69, 9.17) is 9.47 Å². The zero-order valence-corrected chi connectivity index (χ0v) is 13.4. The first-order chi connectivity index (χ1) is 10.3. The van der Waals surface area contributed by atoms with Gasteiger partial charge in [-0.2, -0.15) is 0 Å². The van der Waals surface area contributed by atoms with Gasteiger partial charge in [-0.25, -0.2) is 0 Å². The van der Waals surface area contributed by atoms with Gasteiger partial charge in [0.2, 0.25) is 0 Å². The number of anilines is 1. The predicted octanol–water partition coefficient (Wildman–Crippen LogP) is 2.60. The van der Waals surface area contributed by atoms with Crippen LogP contribution in [0.15, 0.2) is 18.2 Å². The van der Waals surface area contributed by atoms with Crippen LogP contribution < -0.4 is 15.0 Å². The van der Waals surface area contributed by atoms with Crippen LogP contribution in [0.3, 0.4) is 0 Å². The van der Waals surface area contributed by atoms with Crippen molar-refractivity contribution in [1.29, 1.82) is 0 Å². The second-order valence-electron chi connectivity index (χ2n) is 5.44. The number of hydrogen-bond donors (Lipinski definition) is 1. The zero-order chi connectivity index (χ0) is 14.9. The van der Waals surface area contributed by atoms with Gasteiger partial charge in [-0.1, -0.05) is 0 Å². The van der Waals surface area contributed by atoms with Gasteiger partial charge in [-0.15, -0.1) is 0 Å². The highest BCUT2D eigenvalue weighted by Crippen LogP contribution is 2.25. The molecule has 4 nitrogen and oxygen atoms in total. The average molecular weight is 292 g/mol. The summed E-state index contributed by atoms with van der Waals surface area (Å²) in [7, 11) is 0. The molecule has 1 aliphatic heterocycles. The smallest absolute Gasteiger partial charge is 0.119 e. The van der Waals surface area contributed by atoms with E-state index in [-0.39, 0.29) is 0 Å². The molecule has 1 aromatic carbocycles. The fourth-order valence-corrected chi connectivity index (χ4v) is 2.65. The Kier molecular flexibility index (Phi) is 6.83. The van der Waals surface area contributed by atoms with Crippen molar-refractivity contribution >= 4 is 5.69 Å². The van der Waals surface area contributed by atoms with Crippen LogP contribution in [0.5, 0.6) is 5.75 Å². The van der Waals surface area contributed by atoms with Crippen molar-refractivity contribution in [1.82, 2.24) is 5.32 Å². The summed E-state index contributed by atoms with van der Waals surface area (Å²) in [5.74, 6) is 0.959. The monoisotopic (exact) mass is 292 g/mol. The molecule has 118 valence electrons. The fraction of sp³-hybridized carbons (Fsp3) is 0.647. The van der Waals surface area contributed by atoms with Crippen molar-refractivity contribution in [3.8, 4) is 5.75 Å². The lowest BCUT2D eigenvalue weighted by molar-refractivity contribution is 0.131. The molecule has 0 saturated carbocycles. The Morgan fingerprint density at radius 1 is 1.19 bits per heavy atom. The normalized spacial score (nSPS) is 15.8. The van der Waals surface area contributed by atoms with Crippen LogP contribution in [-0.4, -0.2) is 46.0 Å². The Balaban J connectivity index is 1.87. The first-order valence-corrected chi connectivity index (χ1v) is 8.08. The Morgan fingerprint density at radius 3 is 2.90 bits per heavy atom. The van der Waals surface area contributed by atoms with E-state index < -0.39 is 0 Å². The molecule has 0 radical (unpaired) electrons. The molecule has 21 heavy (non-hydrogen) atoms. The molecule has 0 aliphatic carbocycles. The fourth-order valence-electron chi connectivity index (χ4n) is 2.65. The molecule has 1 aliphatic rings. The van der Waals surface area contributed by atoms with E-state index >= 15 is 0 Å². The molecular formula is C17H28N2O2. The van der Waals surface area contributed by atoms with Gasteiger partial charge in [0, 0.05) is 45.0 Å². The number of ether oxygens (including phenoxy) is 2. The van der Waals surface area contributed by atoms with Crippen molar-refractivity contribution in [2.45, 2.75) is 26.7 Å². The molecular weight excluding hydrogens is 264 g/mol. The van der Waals surface area contributed by atoms with Crippen molar-refractivity contribution in [2.24, 2.45) is 0 Å². The lowest BCUT2D eigenvalue weighted by Crippen LogP contribution is -2.28. The molecule has 0 atom stereocenters. The lowest BCUT2D eigenvalue weighted by atomic mass is 10.1. The SMILES string of the molecule is CCOCCCOc1ccc(N2CCCNCC2)c(C)c1. The summed E-state index contributed by atoms with van der Waals surface area (Å²) < 4.78 is 11.1. The minimum absolute atomic E-state index is 0.715. The van der Waals surface area contributed by atoms with Crippen molar-refractivity contribution in [3.05, 3.63) is 23.8 Å². The topological polar surface area (TPSA) is 33.7 Å². The number of nitrogens with zero attached hydrogens (tertiary/aromatic N) is 1. The van der Waals surface area contributed by atoms with E-state index in [1.807, 2.05) is 6.92 Å². The molecule has 1 aromatic rings. The molecule has 0 spiro atoms. The minimum Gasteiger partial charge on any atom is -0.493 e. The van der Waals surface area contributed by atoms with E-state index in [0.717, 1.165) is 51.6 Å². The van der Waals surface area contributed by atoms with Crippen LogP contribution in [-0.2, 0) is 4.74 Å². The second kappa shape index (κ2) is 8.90. The van der Waals surface area contributed by atoms with Crippen LogP contribution in [0, 0.1) is 6.92 Å². The van der Waals surface area contributed by atoms with Gasteiger partial charge >= 0.3 is 0 Å². The number of benzene rings is 1. The van der Waals surface area contributed by atoms with Crippen LogP contribution in [0.2, 0.25) is 0 Å². The maximum Gasteiger partial charge on any atom is 0.119 e. The Labute approximate surface area is 128 Å². The van der Waals surface area contributed by atoms with E-state index in [2.05, 4.69) is 35.3 Å². The summed E-state index contributed by atoms with van der Waals surface area (Å²) in [6, 6.07) is 6.42. The molecule has 0 amide bonds. The Bertz CT molecular complexity index is 415. The largest absolute Gasteiger partial charge is 0.493 e. The highest BCUT2D eigenvalue weighted by Gasteiger charge is 2.12. The Hall–Kier alpha value is -1.26. The molecule has 1 N–H and O–H groups in total. The van der Waals surface area contributed by atoms with Gasteiger partial charge in [0.15, 0.2) is 0 Å². The van der Waals surface area contributed by atoms with E-state index in [1.54, 1.807) is 0 Å². The molecule has 1 heterocycles. The standard InChI is InChI=1S/C17H28N2O2/c1-3-20-12-5-13-21-16-6-7-17(15(2)14-16)19-10-4-8-18-9-11-19/h6-7,14,18H,3-5,8-13H2,1-2H3.